The topological polar surface area (TPSA) is 30.5 Å². The van der Waals surface area contributed by atoms with Gasteiger partial charge in [0.2, 0.25) is 0 Å². The van der Waals surface area contributed by atoms with Crippen molar-refractivity contribution in [2.45, 2.75) is 51.9 Å². The van der Waals surface area contributed by atoms with E-state index in [0.717, 1.165) is 37.4 Å². The molecule has 1 aliphatic heterocycles. The first-order valence-corrected chi connectivity index (χ1v) is 7.11. The SMILES string of the molecule is CNC(CC1OCCO1)C1CCC(C)C(C)C1. The van der Waals surface area contributed by atoms with E-state index in [1.54, 1.807) is 0 Å². The maximum atomic E-state index is 5.56. The van der Waals surface area contributed by atoms with Gasteiger partial charge in [0.15, 0.2) is 6.29 Å². The molecule has 1 saturated carbocycles. The van der Waals surface area contributed by atoms with Crippen molar-refractivity contribution in [3.05, 3.63) is 0 Å². The molecule has 4 atom stereocenters. The molecule has 0 bridgehead atoms. The molecule has 4 unspecified atom stereocenters. The van der Waals surface area contributed by atoms with E-state index in [1.165, 1.54) is 19.3 Å². The highest BCUT2D eigenvalue weighted by atomic mass is 16.7. The molecule has 0 spiro atoms. The Balaban J connectivity index is 1.84. The Morgan fingerprint density at radius 1 is 1.12 bits per heavy atom. The molecule has 3 heteroatoms. The van der Waals surface area contributed by atoms with Crippen molar-refractivity contribution in [1.82, 2.24) is 5.32 Å². The van der Waals surface area contributed by atoms with E-state index >= 15 is 0 Å². The summed E-state index contributed by atoms with van der Waals surface area (Å²) >= 11 is 0. The van der Waals surface area contributed by atoms with Gasteiger partial charge in [0.1, 0.15) is 0 Å². The molecule has 0 radical (unpaired) electrons. The zero-order valence-electron chi connectivity index (χ0n) is 11.4. The Hall–Kier alpha value is -0.120. The second-order valence-corrected chi connectivity index (χ2v) is 5.83. The van der Waals surface area contributed by atoms with Crippen molar-refractivity contribution >= 4 is 0 Å². The van der Waals surface area contributed by atoms with Crippen LogP contribution in [0.3, 0.4) is 0 Å². The van der Waals surface area contributed by atoms with Gasteiger partial charge >= 0.3 is 0 Å². The first-order valence-electron chi connectivity index (χ1n) is 7.11. The normalized spacial score (nSPS) is 37.2. The third-order valence-electron chi connectivity index (χ3n) is 4.72. The van der Waals surface area contributed by atoms with Gasteiger partial charge < -0.3 is 14.8 Å². The van der Waals surface area contributed by atoms with Gasteiger partial charge in [-0.3, -0.25) is 0 Å². The monoisotopic (exact) mass is 241 g/mol. The predicted octanol–water partition coefficient (Wildman–Crippen LogP) is 2.41. The van der Waals surface area contributed by atoms with Gasteiger partial charge in [-0.2, -0.15) is 0 Å². The summed E-state index contributed by atoms with van der Waals surface area (Å²) in [6.45, 7) is 6.31. The summed E-state index contributed by atoms with van der Waals surface area (Å²) in [4.78, 5) is 0. The average Bonchev–Trinajstić information content (AvgIpc) is 2.82. The minimum absolute atomic E-state index is 0.0297. The molecule has 3 nitrogen and oxygen atoms in total. The Labute approximate surface area is 105 Å². The van der Waals surface area contributed by atoms with Crippen LogP contribution in [-0.4, -0.2) is 32.6 Å². The lowest BCUT2D eigenvalue weighted by atomic mass is 9.72. The van der Waals surface area contributed by atoms with E-state index in [4.69, 9.17) is 9.47 Å². The number of hydrogen-bond donors (Lipinski definition) is 1. The lowest BCUT2D eigenvalue weighted by molar-refractivity contribution is -0.0583. The Bertz CT molecular complexity index is 228. The standard InChI is InChI=1S/C14H27NO2/c1-10-4-5-12(8-11(10)2)13(15-3)9-14-16-6-7-17-14/h10-15H,4-9H2,1-3H3. The van der Waals surface area contributed by atoms with Crippen LogP contribution in [-0.2, 0) is 9.47 Å². The maximum Gasteiger partial charge on any atom is 0.159 e. The second kappa shape index (κ2) is 6.17. The molecule has 1 N–H and O–H groups in total. The fourth-order valence-corrected chi connectivity index (χ4v) is 3.25. The van der Waals surface area contributed by atoms with Crippen LogP contribution in [0.4, 0.5) is 0 Å². The fraction of sp³-hybridized carbons (Fsp3) is 1.00. The Morgan fingerprint density at radius 2 is 1.82 bits per heavy atom. The van der Waals surface area contributed by atoms with Crippen molar-refractivity contribution in [3.8, 4) is 0 Å². The summed E-state index contributed by atoms with van der Waals surface area (Å²) in [5.74, 6) is 2.54. The molecule has 0 aromatic rings. The van der Waals surface area contributed by atoms with Gasteiger partial charge in [-0.05, 0) is 37.6 Å². The van der Waals surface area contributed by atoms with Crippen molar-refractivity contribution in [2.24, 2.45) is 17.8 Å². The van der Waals surface area contributed by atoms with E-state index in [2.05, 4.69) is 26.2 Å². The zero-order chi connectivity index (χ0) is 12.3. The summed E-state index contributed by atoms with van der Waals surface area (Å²) in [6.07, 6.45) is 5.10. The summed E-state index contributed by atoms with van der Waals surface area (Å²) in [6, 6.07) is 0.549. The summed E-state index contributed by atoms with van der Waals surface area (Å²) < 4.78 is 11.1. The van der Waals surface area contributed by atoms with Gasteiger partial charge in [0.25, 0.3) is 0 Å². The molecule has 1 aliphatic carbocycles. The lowest BCUT2D eigenvalue weighted by Gasteiger charge is -2.37. The highest BCUT2D eigenvalue weighted by Crippen LogP contribution is 2.36. The van der Waals surface area contributed by atoms with Crippen LogP contribution < -0.4 is 5.32 Å². The molecule has 1 saturated heterocycles. The van der Waals surface area contributed by atoms with Crippen LogP contribution in [0.25, 0.3) is 0 Å². The van der Waals surface area contributed by atoms with Gasteiger partial charge in [-0.1, -0.05) is 20.3 Å². The van der Waals surface area contributed by atoms with E-state index in [0.29, 0.717) is 6.04 Å². The van der Waals surface area contributed by atoms with Crippen LogP contribution in [0.15, 0.2) is 0 Å². The first-order chi connectivity index (χ1) is 8.20. The summed E-state index contributed by atoms with van der Waals surface area (Å²) in [7, 11) is 2.07. The second-order valence-electron chi connectivity index (χ2n) is 5.83. The smallest absolute Gasteiger partial charge is 0.159 e. The molecule has 0 aromatic heterocycles. The number of ether oxygens (including phenoxy) is 2. The van der Waals surface area contributed by atoms with Gasteiger partial charge in [0, 0.05) is 12.5 Å². The third kappa shape index (κ3) is 3.43. The van der Waals surface area contributed by atoms with Crippen LogP contribution in [0.5, 0.6) is 0 Å². The van der Waals surface area contributed by atoms with Crippen molar-refractivity contribution < 1.29 is 9.47 Å². The van der Waals surface area contributed by atoms with Crippen LogP contribution in [0.1, 0.15) is 39.5 Å². The quantitative estimate of drug-likeness (QED) is 0.820. The molecule has 2 rings (SSSR count). The highest BCUT2D eigenvalue weighted by Gasteiger charge is 2.31. The van der Waals surface area contributed by atoms with Gasteiger partial charge in [-0.25, -0.2) is 0 Å². The van der Waals surface area contributed by atoms with Gasteiger partial charge in [-0.15, -0.1) is 0 Å². The molecule has 100 valence electrons. The molecule has 2 aliphatic rings. The molecule has 17 heavy (non-hydrogen) atoms. The number of nitrogens with one attached hydrogen (secondary N) is 1. The minimum atomic E-state index is 0.0297. The number of rotatable bonds is 4. The zero-order valence-corrected chi connectivity index (χ0v) is 11.4. The molecule has 0 amide bonds. The van der Waals surface area contributed by atoms with Crippen LogP contribution in [0.2, 0.25) is 0 Å². The maximum absolute atomic E-state index is 5.56. The molecular formula is C14H27NO2. The van der Waals surface area contributed by atoms with Crippen LogP contribution >= 0.6 is 0 Å². The molecular weight excluding hydrogens is 214 g/mol. The van der Waals surface area contributed by atoms with E-state index < -0.39 is 0 Å². The largest absolute Gasteiger partial charge is 0.350 e. The lowest BCUT2D eigenvalue weighted by Crippen LogP contribution is -2.40. The molecule has 1 heterocycles. The number of hydrogen-bond acceptors (Lipinski definition) is 3. The van der Waals surface area contributed by atoms with Crippen molar-refractivity contribution in [2.75, 3.05) is 20.3 Å². The van der Waals surface area contributed by atoms with E-state index in [-0.39, 0.29) is 6.29 Å². The van der Waals surface area contributed by atoms with Crippen molar-refractivity contribution in [3.63, 3.8) is 0 Å². The molecule has 0 aromatic carbocycles. The Morgan fingerprint density at radius 3 is 2.41 bits per heavy atom. The van der Waals surface area contributed by atoms with Crippen LogP contribution in [0, 0.1) is 17.8 Å². The average molecular weight is 241 g/mol. The van der Waals surface area contributed by atoms with Crippen molar-refractivity contribution in [1.29, 1.82) is 0 Å². The third-order valence-corrected chi connectivity index (χ3v) is 4.72. The Kier molecular flexibility index (Phi) is 4.83. The molecule has 2 fully saturated rings. The fourth-order valence-electron chi connectivity index (χ4n) is 3.25. The predicted molar refractivity (Wildman–Crippen MR) is 68.8 cm³/mol. The summed E-state index contributed by atoms with van der Waals surface area (Å²) in [5.41, 5.74) is 0. The minimum Gasteiger partial charge on any atom is -0.350 e. The van der Waals surface area contributed by atoms with Gasteiger partial charge in [0.05, 0.1) is 13.2 Å². The van der Waals surface area contributed by atoms with E-state index in [9.17, 15) is 0 Å². The van der Waals surface area contributed by atoms with E-state index in [1.807, 2.05) is 0 Å². The summed E-state index contributed by atoms with van der Waals surface area (Å²) in [5, 5.41) is 3.47. The highest BCUT2D eigenvalue weighted by molar-refractivity contribution is 4.84. The first kappa shape index (κ1) is 13.3.